The van der Waals surface area contributed by atoms with Gasteiger partial charge in [-0.2, -0.15) is 0 Å². The molecule has 0 radical (unpaired) electrons. The van der Waals surface area contributed by atoms with Gasteiger partial charge >= 0.3 is 7.82 Å². The second kappa shape index (κ2) is 62.2. The van der Waals surface area contributed by atoms with Crippen LogP contribution in [0.3, 0.4) is 0 Å². The van der Waals surface area contributed by atoms with Crippen LogP contribution in [0.15, 0.2) is 85.1 Å². The van der Waals surface area contributed by atoms with E-state index >= 15 is 0 Å². The molecule has 0 spiro atoms. The smallest absolute Gasteiger partial charge is 0.391 e. The first kappa shape index (κ1) is 78.7. The number of carbonyl (C=O) groups is 1. The zero-order chi connectivity index (χ0) is 59.1. The number of unbranched alkanes of at least 4 members (excludes halogenated alkanes) is 36. The van der Waals surface area contributed by atoms with Gasteiger partial charge < -0.3 is 19.8 Å². The van der Waals surface area contributed by atoms with Gasteiger partial charge in [0.2, 0.25) is 5.91 Å². The number of amides is 1. The maximum Gasteiger partial charge on any atom is 0.472 e. The topological polar surface area (TPSA) is 105 Å². The van der Waals surface area contributed by atoms with Crippen molar-refractivity contribution in [2.75, 3.05) is 40.9 Å². The molecule has 81 heavy (non-hydrogen) atoms. The summed E-state index contributed by atoms with van der Waals surface area (Å²) in [4.78, 5) is 23.4. The molecular weight excluding hydrogens is 1020 g/mol. The van der Waals surface area contributed by atoms with E-state index in [2.05, 4.69) is 104 Å². The van der Waals surface area contributed by atoms with Crippen LogP contribution < -0.4 is 5.32 Å². The van der Waals surface area contributed by atoms with E-state index in [0.717, 1.165) is 103 Å². The number of likely N-dealkylation sites (N-methyl/N-ethyl adjacent to an activating group) is 1. The second-order valence-corrected chi connectivity index (χ2v) is 26.0. The van der Waals surface area contributed by atoms with Gasteiger partial charge in [-0.25, -0.2) is 4.57 Å². The van der Waals surface area contributed by atoms with Gasteiger partial charge in [0.1, 0.15) is 13.2 Å². The first-order valence-electron chi connectivity index (χ1n) is 34.5. The van der Waals surface area contributed by atoms with Crippen LogP contribution in [0.2, 0.25) is 0 Å². The highest BCUT2D eigenvalue weighted by Crippen LogP contribution is 2.43. The van der Waals surface area contributed by atoms with Crippen LogP contribution >= 0.6 is 7.82 Å². The number of phosphoric ester groups is 1. The third kappa shape index (κ3) is 65.1. The molecule has 0 fully saturated rings. The fraction of sp³-hybridized carbons (Fsp3) is 0.792. The summed E-state index contributed by atoms with van der Waals surface area (Å²) >= 11 is 0. The number of quaternary nitrogens is 1. The van der Waals surface area contributed by atoms with Gasteiger partial charge in [0.05, 0.1) is 39.9 Å². The van der Waals surface area contributed by atoms with E-state index in [-0.39, 0.29) is 19.1 Å². The highest BCUT2D eigenvalue weighted by molar-refractivity contribution is 7.47. The molecule has 0 heterocycles. The third-order valence-corrected chi connectivity index (χ3v) is 16.4. The van der Waals surface area contributed by atoms with Crippen molar-refractivity contribution in [3.05, 3.63) is 85.1 Å². The number of aliphatic hydroxyl groups excluding tert-OH is 1. The quantitative estimate of drug-likeness (QED) is 0.0243. The first-order valence-corrected chi connectivity index (χ1v) is 35.9. The molecule has 0 aromatic carbocycles. The Morgan fingerprint density at radius 1 is 0.432 bits per heavy atom. The Bertz CT molecular complexity index is 1600. The Hall–Kier alpha value is -2.32. The Morgan fingerprint density at radius 2 is 0.741 bits per heavy atom. The van der Waals surface area contributed by atoms with E-state index in [9.17, 15) is 19.4 Å². The third-order valence-electron chi connectivity index (χ3n) is 15.4. The largest absolute Gasteiger partial charge is 0.472 e. The average Bonchev–Trinajstić information content (AvgIpc) is 3.43. The van der Waals surface area contributed by atoms with E-state index < -0.39 is 20.0 Å². The Labute approximate surface area is 503 Å². The highest BCUT2D eigenvalue weighted by Gasteiger charge is 2.28. The molecule has 3 unspecified atom stereocenters. The predicted molar refractivity (Wildman–Crippen MR) is 355 cm³/mol. The summed E-state index contributed by atoms with van der Waals surface area (Å²) in [7, 11) is 1.60. The number of nitrogens with zero attached hydrogens (tertiary/aromatic N) is 1. The molecule has 0 rings (SSSR count). The number of nitrogens with one attached hydrogen (secondary N) is 1. The van der Waals surface area contributed by atoms with Crippen molar-refractivity contribution in [1.82, 2.24) is 5.32 Å². The fourth-order valence-electron chi connectivity index (χ4n) is 10.1. The lowest BCUT2D eigenvalue weighted by molar-refractivity contribution is -0.870. The highest BCUT2D eigenvalue weighted by atomic mass is 31.2. The Kier molecular flexibility index (Phi) is 60.4. The SMILES string of the molecule is CC/C=C\C/C=C\C/C=C\C/C=C\C/C=C\C/C=C\C/C=C\CCCCCCCC(=O)NC(COP(=O)(O)OCC[N+](C)(C)C)C(O)CCCCCCCCCCCCCCCCCCCCCCCCCCCCCCCCCC. The molecule has 8 nitrogen and oxygen atoms in total. The lowest BCUT2D eigenvalue weighted by atomic mass is 10.0. The molecule has 1 amide bonds. The van der Waals surface area contributed by atoms with E-state index in [4.69, 9.17) is 9.05 Å². The number of allylic oxidation sites excluding steroid dienone is 14. The fourth-order valence-corrected chi connectivity index (χ4v) is 10.8. The number of aliphatic hydroxyl groups is 1. The summed E-state index contributed by atoms with van der Waals surface area (Å²) in [6.45, 7) is 4.79. The first-order chi connectivity index (χ1) is 39.5. The lowest BCUT2D eigenvalue weighted by Crippen LogP contribution is -2.46. The van der Waals surface area contributed by atoms with Crippen molar-refractivity contribution in [3.63, 3.8) is 0 Å². The maximum atomic E-state index is 13.1. The summed E-state index contributed by atoms with van der Waals surface area (Å²) in [6.07, 6.45) is 88.3. The van der Waals surface area contributed by atoms with Gasteiger partial charge in [-0.05, 0) is 70.6 Å². The molecule has 9 heteroatoms. The molecule has 472 valence electrons. The summed E-state index contributed by atoms with van der Waals surface area (Å²) in [5, 5.41) is 14.1. The van der Waals surface area contributed by atoms with Crippen LogP contribution in [0.1, 0.15) is 316 Å². The molecular formula is C72H134N2O6P+. The Balaban J connectivity index is 4.10. The number of phosphoric acid groups is 1. The van der Waals surface area contributed by atoms with Crippen molar-refractivity contribution in [1.29, 1.82) is 0 Å². The molecule has 0 aromatic heterocycles. The van der Waals surface area contributed by atoms with E-state index in [0.29, 0.717) is 23.9 Å². The van der Waals surface area contributed by atoms with E-state index in [1.54, 1.807) is 0 Å². The molecule has 3 N–H and O–H groups in total. The zero-order valence-corrected chi connectivity index (χ0v) is 54.9. The summed E-state index contributed by atoms with van der Waals surface area (Å²) < 4.78 is 23.9. The summed E-state index contributed by atoms with van der Waals surface area (Å²) in [5.74, 6) is -0.162. The van der Waals surface area contributed by atoms with Crippen LogP contribution in [0.25, 0.3) is 0 Å². The van der Waals surface area contributed by atoms with Crippen molar-refractivity contribution in [2.45, 2.75) is 328 Å². The van der Waals surface area contributed by atoms with Gasteiger partial charge in [-0.3, -0.25) is 13.8 Å². The van der Waals surface area contributed by atoms with Gasteiger partial charge in [-0.15, -0.1) is 0 Å². The number of hydrogen-bond donors (Lipinski definition) is 3. The minimum Gasteiger partial charge on any atom is -0.391 e. The van der Waals surface area contributed by atoms with Gasteiger partial charge in [-0.1, -0.05) is 324 Å². The lowest BCUT2D eigenvalue weighted by Gasteiger charge is -2.26. The molecule has 3 atom stereocenters. The van der Waals surface area contributed by atoms with Crippen molar-refractivity contribution < 1.29 is 32.9 Å². The Morgan fingerprint density at radius 3 is 1.09 bits per heavy atom. The maximum absolute atomic E-state index is 13.1. The monoisotopic (exact) mass is 1150 g/mol. The molecule has 0 saturated heterocycles. The van der Waals surface area contributed by atoms with Crippen LogP contribution in [-0.4, -0.2) is 73.4 Å². The van der Waals surface area contributed by atoms with Crippen LogP contribution in [0.4, 0.5) is 0 Å². The average molecular weight is 1150 g/mol. The molecule has 0 aliphatic heterocycles. The van der Waals surface area contributed by atoms with Crippen molar-refractivity contribution in [2.24, 2.45) is 0 Å². The minimum atomic E-state index is -4.34. The van der Waals surface area contributed by atoms with E-state index in [1.165, 1.54) is 186 Å². The molecule has 0 aromatic rings. The molecule has 0 aliphatic carbocycles. The number of rotatable bonds is 63. The molecule has 0 saturated carbocycles. The molecule has 0 bridgehead atoms. The summed E-state index contributed by atoms with van der Waals surface area (Å²) in [6, 6.07) is -0.780. The van der Waals surface area contributed by atoms with Gasteiger partial charge in [0.15, 0.2) is 0 Å². The normalized spacial score (nSPS) is 14.2. The van der Waals surface area contributed by atoms with Crippen LogP contribution in [-0.2, 0) is 18.4 Å². The number of carbonyl (C=O) groups excluding carboxylic acids is 1. The summed E-state index contributed by atoms with van der Waals surface area (Å²) in [5.41, 5.74) is 0. The standard InChI is InChI=1S/C72H133N2O6P/c1-6-8-10-12-14-16-18-20-22-24-26-28-30-32-34-35-36-37-38-40-41-43-45-47-49-51-53-55-57-59-61-63-65-71(75)70(69-80-81(77,78)79-68-67-74(3,4)5)73-72(76)66-64-62-60-58-56-54-52-50-48-46-44-42-39-33-31-29-27-25-23-21-19-17-15-13-11-9-7-2/h9,11,15,17,21,23,27,29,33,39,44,46,50,52,70-71,75H,6-8,10,12-14,16,18-20,22,24-26,28,30-32,34-38,40-43,45,47-49,51,53-69H2,1-5H3,(H-,73,76,77,78)/p+1/b11-9-,17-15-,23-21-,29-27-,39-33-,46-44-,52-50-. The van der Waals surface area contributed by atoms with Crippen molar-refractivity contribution in [3.8, 4) is 0 Å². The van der Waals surface area contributed by atoms with E-state index in [1.807, 2.05) is 21.1 Å². The zero-order valence-electron chi connectivity index (χ0n) is 54.0. The number of hydrogen-bond acceptors (Lipinski definition) is 5. The van der Waals surface area contributed by atoms with Gasteiger partial charge in [0, 0.05) is 6.42 Å². The van der Waals surface area contributed by atoms with Crippen molar-refractivity contribution >= 4 is 13.7 Å². The minimum absolute atomic E-state index is 0.0666. The molecule has 0 aliphatic rings. The van der Waals surface area contributed by atoms with Crippen LogP contribution in [0, 0.1) is 0 Å². The predicted octanol–water partition coefficient (Wildman–Crippen LogP) is 21.9. The second-order valence-electron chi connectivity index (χ2n) is 24.5. The van der Waals surface area contributed by atoms with Crippen LogP contribution in [0.5, 0.6) is 0 Å². The van der Waals surface area contributed by atoms with Gasteiger partial charge in [0.25, 0.3) is 0 Å².